The van der Waals surface area contributed by atoms with Gasteiger partial charge in [0.15, 0.2) is 0 Å². The van der Waals surface area contributed by atoms with Gasteiger partial charge in [0.25, 0.3) is 0 Å². The fourth-order valence-corrected chi connectivity index (χ4v) is 2.53. The summed E-state index contributed by atoms with van der Waals surface area (Å²) in [7, 11) is 0. The van der Waals surface area contributed by atoms with Crippen LogP contribution in [0.2, 0.25) is 0 Å². The highest BCUT2D eigenvalue weighted by Gasteiger charge is 2.35. The van der Waals surface area contributed by atoms with Crippen LogP contribution in [0.25, 0.3) is 11.5 Å². The number of aryl methyl sites for hydroxylation is 1. The van der Waals surface area contributed by atoms with E-state index in [2.05, 4.69) is 10.3 Å². The van der Waals surface area contributed by atoms with Crippen molar-refractivity contribution in [3.8, 4) is 11.5 Å². The fourth-order valence-electron chi connectivity index (χ4n) is 2.53. The normalized spacial score (nSPS) is 17.0. The van der Waals surface area contributed by atoms with Gasteiger partial charge in [-0.15, -0.1) is 0 Å². The van der Waals surface area contributed by atoms with Gasteiger partial charge in [0.1, 0.15) is 6.26 Å². The van der Waals surface area contributed by atoms with Crippen LogP contribution in [0.4, 0.5) is 0 Å². The minimum absolute atomic E-state index is 0.166. The van der Waals surface area contributed by atoms with E-state index >= 15 is 0 Å². The number of rotatable bonds is 4. The van der Waals surface area contributed by atoms with Crippen LogP contribution in [0.5, 0.6) is 0 Å². The second-order valence-electron chi connectivity index (χ2n) is 5.96. The SMILES string of the molecule is Cc1ccc(-c2nc(CNC(=O)C3(N)CCOCC3)co2)cc1. The van der Waals surface area contributed by atoms with Gasteiger partial charge < -0.3 is 20.2 Å². The lowest BCUT2D eigenvalue weighted by Crippen LogP contribution is -2.56. The van der Waals surface area contributed by atoms with Crippen LogP contribution in [0.1, 0.15) is 24.1 Å². The van der Waals surface area contributed by atoms with Crippen LogP contribution in [0.15, 0.2) is 34.9 Å². The minimum atomic E-state index is -0.845. The third kappa shape index (κ3) is 3.60. The Bertz CT molecular complexity index is 673. The highest BCUT2D eigenvalue weighted by atomic mass is 16.5. The predicted molar refractivity (Wildman–Crippen MR) is 85.5 cm³/mol. The van der Waals surface area contributed by atoms with Crippen molar-refractivity contribution in [1.29, 1.82) is 0 Å². The molecule has 6 heteroatoms. The van der Waals surface area contributed by atoms with E-state index in [1.165, 1.54) is 5.56 Å². The number of hydrogen-bond acceptors (Lipinski definition) is 5. The molecule has 0 unspecified atom stereocenters. The number of nitrogens with zero attached hydrogens (tertiary/aromatic N) is 1. The lowest BCUT2D eigenvalue weighted by Gasteiger charge is -2.31. The maximum Gasteiger partial charge on any atom is 0.240 e. The zero-order chi connectivity index (χ0) is 16.3. The number of oxazole rings is 1. The summed E-state index contributed by atoms with van der Waals surface area (Å²) in [5.74, 6) is 0.378. The molecule has 3 N–H and O–H groups in total. The molecule has 0 atom stereocenters. The molecular formula is C17H21N3O3. The first kappa shape index (κ1) is 15.7. The Morgan fingerprint density at radius 3 is 2.70 bits per heavy atom. The molecule has 1 fully saturated rings. The summed E-state index contributed by atoms with van der Waals surface area (Å²) >= 11 is 0. The topological polar surface area (TPSA) is 90.4 Å². The van der Waals surface area contributed by atoms with E-state index in [9.17, 15) is 4.79 Å². The average Bonchev–Trinajstić information content (AvgIpc) is 3.03. The second kappa shape index (κ2) is 6.52. The van der Waals surface area contributed by atoms with E-state index in [0.717, 1.165) is 5.56 Å². The maximum absolute atomic E-state index is 12.3. The summed E-state index contributed by atoms with van der Waals surface area (Å²) in [6.45, 7) is 3.37. The van der Waals surface area contributed by atoms with Crippen molar-refractivity contribution < 1.29 is 13.9 Å². The molecule has 1 aromatic carbocycles. The molecule has 0 saturated carbocycles. The summed E-state index contributed by atoms with van der Waals surface area (Å²) in [4.78, 5) is 16.7. The average molecular weight is 315 g/mol. The van der Waals surface area contributed by atoms with Gasteiger partial charge in [0.2, 0.25) is 11.8 Å². The summed E-state index contributed by atoms with van der Waals surface area (Å²) in [5, 5.41) is 2.84. The third-order valence-corrected chi connectivity index (χ3v) is 4.12. The van der Waals surface area contributed by atoms with Gasteiger partial charge in [-0.2, -0.15) is 0 Å². The van der Waals surface area contributed by atoms with Crippen molar-refractivity contribution in [1.82, 2.24) is 10.3 Å². The zero-order valence-corrected chi connectivity index (χ0v) is 13.2. The largest absolute Gasteiger partial charge is 0.444 e. The fraction of sp³-hybridized carbons (Fsp3) is 0.412. The Balaban J connectivity index is 1.61. The first-order valence-corrected chi connectivity index (χ1v) is 7.73. The molecule has 1 saturated heterocycles. The standard InChI is InChI=1S/C17H21N3O3/c1-12-2-4-13(5-3-12)15-20-14(11-23-15)10-19-16(21)17(18)6-8-22-9-7-17/h2-5,11H,6-10,18H2,1H3,(H,19,21). The number of ether oxygens (including phenoxy) is 1. The Morgan fingerprint density at radius 1 is 1.30 bits per heavy atom. The van der Waals surface area contributed by atoms with E-state index < -0.39 is 5.54 Å². The van der Waals surface area contributed by atoms with Gasteiger partial charge in [-0.1, -0.05) is 17.7 Å². The smallest absolute Gasteiger partial charge is 0.240 e. The van der Waals surface area contributed by atoms with Gasteiger partial charge in [0.05, 0.1) is 17.8 Å². The quantitative estimate of drug-likeness (QED) is 0.897. The molecule has 23 heavy (non-hydrogen) atoms. The molecular weight excluding hydrogens is 294 g/mol. The predicted octanol–water partition coefficient (Wildman–Crippen LogP) is 1.77. The Hall–Kier alpha value is -2.18. The van der Waals surface area contributed by atoms with Crippen molar-refractivity contribution in [2.24, 2.45) is 5.73 Å². The molecule has 2 heterocycles. The molecule has 0 aliphatic carbocycles. The Morgan fingerprint density at radius 2 is 2.00 bits per heavy atom. The lowest BCUT2D eigenvalue weighted by atomic mass is 9.90. The first-order valence-electron chi connectivity index (χ1n) is 7.73. The molecule has 1 aromatic heterocycles. The van der Waals surface area contributed by atoms with Crippen molar-refractivity contribution in [3.05, 3.63) is 41.8 Å². The van der Waals surface area contributed by atoms with Gasteiger partial charge in [-0.25, -0.2) is 4.98 Å². The molecule has 2 aromatic rings. The molecule has 1 aliphatic rings. The summed E-state index contributed by atoms with van der Waals surface area (Å²) in [6.07, 6.45) is 2.63. The Labute approximate surface area is 135 Å². The number of benzene rings is 1. The summed E-state index contributed by atoms with van der Waals surface area (Å²) < 4.78 is 10.7. The van der Waals surface area contributed by atoms with Crippen LogP contribution in [0.3, 0.4) is 0 Å². The summed E-state index contributed by atoms with van der Waals surface area (Å²) in [6, 6.07) is 7.93. The van der Waals surface area contributed by atoms with Crippen LogP contribution >= 0.6 is 0 Å². The number of hydrogen-bond donors (Lipinski definition) is 2. The molecule has 0 bridgehead atoms. The number of aromatic nitrogens is 1. The highest BCUT2D eigenvalue weighted by molar-refractivity contribution is 5.86. The van der Waals surface area contributed by atoms with Gasteiger partial charge in [0, 0.05) is 18.8 Å². The number of carbonyl (C=O) groups excluding carboxylic acids is 1. The lowest BCUT2D eigenvalue weighted by molar-refractivity contribution is -0.129. The van der Waals surface area contributed by atoms with Gasteiger partial charge >= 0.3 is 0 Å². The minimum Gasteiger partial charge on any atom is -0.444 e. The van der Waals surface area contributed by atoms with E-state index in [4.69, 9.17) is 14.9 Å². The third-order valence-electron chi connectivity index (χ3n) is 4.12. The molecule has 122 valence electrons. The molecule has 6 nitrogen and oxygen atoms in total. The molecule has 1 amide bonds. The first-order chi connectivity index (χ1) is 11.1. The zero-order valence-electron chi connectivity index (χ0n) is 13.2. The van der Waals surface area contributed by atoms with Gasteiger partial charge in [-0.05, 0) is 31.9 Å². The Kier molecular flexibility index (Phi) is 4.45. The molecule has 1 aliphatic heterocycles. The van der Waals surface area contributed by atoms with Crippen LogP contribution in [0, 0.1) is 6.92 Å². The maximum atomic E-state index is 12.3. The number of amides is 1. The van der Waals surface area contributed by atoms with Crippen molar-refractivity contribution >= 4 is 5.91 Å². The van der Waals surface area contributed by atoms with Crippen molar-refractivity contribution in [2.45, 2.75) is 31.8 Å². The monoisotopic (exact) mass is 315 g/mol. The molecule has 0 radical (unpaired) electrons. The highest BCUT2D eigenvalue weighted by Crippen LogP contribution is 2.20. The second-order valence-corrected chi connectivity index (χ2v) is 5.96. The van der Waals surface area contributed by atoms with Crippen LogP contribution < -0.4 is 11.1 Å². The van der Waals surface area contributed by atoms with E-state index in [0.29, 0.717) is 44.2 Å². The van der Waals surface area contributed by atoms with E-state index in [-0.39, 0.29) is 5.91 Å². The van der Waals surface area contributed by atoms with Gasteiger partial charge in [-0.3, -0.25) is 4.79 Å². The molecule has 0 spiro atoms. The summed E-state index contributed by atoms with van der Waals surface area (Å²) in [5.41, 5.74) is 8.06. The van der Waals surface area contributed by atoms with Crippen LogP contribution in [-0.4, -0.2) is 29.6 Å². The number of nitrogens with two attached hydrogens (primary N) is 1. The van der Waals surface area contributed by atoms with Crippen molar-refractivity contribution in [3.63, 3.8) is 0 Å². The van der Waals surface area contributed by atoms with Crippen molar-refractivity contribution in [2.75, 3.05) is 13.2 Å². The van der Waals surface area contributed by atoms with E-state index in [1.807, 2.05) is 31.2 Å². The molecule has 3 rings (SSSR count). The number of carbonyl (C=O) groups is 1. The number of nitrogens with one attached hydrogen (secondary N) is 1. The van der Waals surface area contributed by atoms with E-state index in [1.54, 1.807) is 6.26 Å². The van der Waals surface area contributed by atoms with Crippen LogP contribution in [-0.2, 0) is 16.1 Å².